The van der Waals surface area contributed by atoms with Gasteiger partial charge >= 0.3 is 0 Å². The van der Waals surface area contributed by atoms with Gasteiger partial charge in [-0.25, -0.2) is 0 Å². The lowest BCUT2D eigenvalue weighted by Gasteiger charge is -2.12. The Hall–Kier alpha value is -1.04. The molecule has 0 spiro atoms. The average Bonchev–Trinajstić information content (AvgIpc) is 2.16. The molecule has 1 atom stereocenters. The Bertz CT molecular complexity index is 264. The van der Waals surface area contributed by atoms with Gasteiger partial charge in [0, 0.05) is 0 Å². The van der Waals surface area contributed by atoms with Gasteiger partial charge in [0.15, 0.2) is 0 Å². The fraction of sp³-hybridized carbons (Fsp3) is 0.385. The molecule has 0 saturated carbocycles. The van der Waals surface area contributed by atoms with E-state index >= 15 is 0 Å². The van der Waals surface area contributed by atoms with Crippen LogP contribution in [0.15, 0.2) is 48.1 Å². The standard InChI is InChI=1S/C13H18/c1-4-6-12(5-2)13-9-7-11(3)8-10-13/h5-7,9-11H,2,4,8H2,1,3H3/b12-6+. The third-order valence-electron chi connectivity index (χ3n) is 2.29. The zero-order chi connectivity index (χ0) is 9.68. The predicted octanol–water partition coefficient (Wildman–Crippen LogP) is 4.03. The quantitative estimate of drug-likeness (QED) is 0.567. The topological polar surface area (TPSA) is 0 Å². The number of allylic oxidation sites excluding steroid dienone is 7. The van der Waals surface area contributed by atoms with E-state index in [-0.39, 0.29) is 0 Å². The van der Waals surface area contributed by atoms with Crippen LogP contribution in [0.4, 0.5) is 0 Å². The maximum Gasteiger partial charge on any atom is -0.0224 e. The normalized spacial score (nSPS) is 22.8. The summed E-state index contributed by atoms with van der Waals surface area (Å²) in [5.41, 5.74) is 2.60. The van der Waals surface area contributed by atoms with E-state index in [1.807, 2.05) is 6.08 Å². The van der Waals surface area contributed by atoms with Crippen LogP contribution >= 0.6 is 0 Å². The van der Waals surface area contributed by atoms with E-state index in [9.17, 15) is 0 Å². The Morgan fingerprint density at radius 3 is 2.92 bits per heavy atom. The van der Waals surface area contributed by atoms with Crippen LogP contribution in [0.25, 0.3) is 0 Å². The van der Waals surface area contributed by atoms with Crippen LogP contribution in [0, 0.1) is 5.92 Å². The minimum absolute atomic E-state index is 0.691. The van der Waals surface area contributed by atoms with Crippen molar-refractivity contribution in [1.82, 2.24) is 0 Å². The summed E-state index contributed by atoms with van der Waals surface area (Å²) in [5, 5.41) is 0. The van der Waals surface area contributed by atoms with Crippen LogP contribution in [0.5, 0.6) is 0 Å². The van der Waals surface area contributed by atoms with Gasteiger partial charge in [0.2, 0.25) is 0 Å². The molecule has 0 aromatic rings. The van der Waals surface area contributed by atoms with Crippen molar-refractivity contribution >= 4 is 0 Å². The number of hydrogen-bond donors (Lipinski definition) is 0. The first-order valence-corrected chi connectivity index (χ1v) is 4.99. The highest BCUT2D eigenvalue weighted by Gasteiger charge is 2.04. The van der Waals surface area contributed by atoms with Crippen molar-refractivity contribution in [2.45, 2.75) is 26.7 Å². The molecule has 0 heteroatoms. The van der Waals surface area contributed by atoms with Crippen molar-refractivity contribution in [3.8, 4) is 0 Å². The number of hydrogen-bond acceptors (Lipinski definition) is 0. The molecule has 1 unspecified atom stereocenters. The Morgan fingerprint density at radius 2 is 2.46 bits per heavy atom. The maximum absolute atomic E-state index is 3.83. The molecule has 0 nitrogen and oxygen atoms in total. The second-order valence-corrected chi connectivity index (χ2v) is 3.50. The van der Waals surface area contributed by atoms with Gasteiger partial charge in [-0.15, -0.1) is 0 Å². The monoisotopic (exact) mass is 174 g/mol. The zero-order valence-corrected chi connectivity index (χ0v) is 8.59. The maximum atomic E-state index is 3.83. The van der Waals surface area contributed by atoms with Gasteiger partial charge in [0.25, 0.3) is 0 Å². The summed E-state index contributed by atoms with van der Waals surface area (Å²) in [6.45, 7) is 8.22. The molecule has 70 valence electrons. The Kier molecular flexibility index (Phi) is 3.75. The van der Waals surface area contributed by atoms with E-state index in [0.29, 0.717) is 5.92 Å². The first-order valence-electron chi connectivity index (χ1n) is 4.99. The fourth-order valence-corrected chi connectivity index (χ4v) is 1.48. The van der Waals surface area contributed by atoms with Crippen molar-refractivity contribution in [2.24, 2.45) is 5.92 Å². The molecule has 0 fully saturated rings. The highest BCUT2D eigenvalue weighted by molar-refractivity contribution is 5.47. The molecule has 0 saturated heterocycles. The molecule has 1 aliphatic carbocycles. The van der Waals surface area contributed by atoms with E-state index in [2.05, 4.69) is 44.7 Å². The van der Waals surface area contributed by atoms with Gasteiger partial charge in [-0.2, -0.15) is 0 Å². The SMILES string of the molecule is C=C/C(=C\CC)C1=CCC(C)C=C1. The zero-order valence-electron chi connectivity index (χ0n) is 8.59. The predicted molar refractivity (Wildman–Crippen MR) is 59.6 cm³/mol. The van der Waals surface area contributed by atoms with Gasteiger partial charge in [0.05, 0.1) is 0 Å². The van der Waals surface area contributed by atoms with Gasteiger partial charge in [0.1, 0.15) is 0 Å². The minimum atomic E-state index is 0.691. The van der Waals surface area contributed by atoms with E-state index in [0.717, 1.165) is 12.8 Å². The Labute approximate surface area is 81.4 Å². The molecule has 0 amide bonds. The third kappa shape index (κ3) is 2.73. The first kappa shape index (κ1) is 10.0. The Balaban J connectivity index is 2.78. The summed E-state index contributed by atoms with van der Waals surface area (Å²) < 4.78 is 0. The van der Waals surface area contributed by atoms with E-state index in [1.165, 1.54) is 11.1 Å². The van der Waals surface area contributed by atoms with Crippen molar-refractivity contribution < 1.29 is 0 Å². The summed E-state index contributed by atoms with van der Waals surface area (Å²) in [4.78, 5) is 0. The van der Waals surface area contributed by atoms with Crippen molar-refractivity contribution in [3.05, 3.63) is 48.1 Å². The summed E-state index contributed by atoms with van der Waals surface area (Å²) >= 11 is 0. The van der Waals surface area contributed by atoms with Crippen LogP contribution in [0.2, 0.25) is 0 Å². The summed E-state index contributed by atoms with van der Waals surface area (Å²) in [6.07, 6.45) is 13.2. The molecule has 0 radical (unpaired) electrons. The molecule has 0 aromatic heterocycles. The minimum Gasteiger partial charge on any atom is -0.0985 e. The Morgan fingerprint density at radius 1 is 1.69 bits per heavy atom. The van der Waals surface area contributed by atoms with Gasteiger partial charge in [-0.05, 0) is 29.9 Å². The average molecular weight is 174 g/mol. The molecular formula is C13H18. The lowest BCUT2D eigenvalue weighted by molar-refractivity contribution is 0.732. The molecular weight excluding hydrogens is 156 g/mol. The van der Waals surface area contributed by atoms with Crippen LogP contribution in [-0.4, -0.2) is 0 Å². The first-order chi connectivity index (χ1) is 6.27. The number of rotatable bonds is 3. The summed E-state index contributed by atoms with van der Waals surface area (Å²) in [5.74, 6) is 0.691. The van der Waals surface area contributed by atoms with E-state index < -0.39 is 0 Å². The van der Waals surface area contributed by atoms with E-state index in [1.54, 1.807) is 0 Å². The largest absolute Gasteiger partial charge is 0.0985 e. The molecule has 0 heterocycles. The van der Waals surface area contributed by atoms with Crippen LogP contribution in [0.3, 0.4) is 0 Å². The molecule has 0 N–H and O–H groups in total. The van der Waals surface area contributed by atoms with Crippen LogP contribution < -0.4 is 0 Å². The van der Waals surface area contributed by atoms with Crippen molar-refractivity contribution in [3.63, 3.8) is 0 Å². The summed E-state index contributed by atoms with van der Waals surface area (Å²) in [6, 6.07) is 0. The second kappa shape index (κ2) is 4.86. The lowest BCUT2D eigenvalue weighted by Crippen LogP contribution is -1.95. The van der Waals surface area contributed by atoms with Crippen LogP contribution in [0.1, 0.15) is 26.7 Å². The van der Waals surface area contributed by atoms with Gasteiger partial charge in [-0.3, -0.25) is 0 Å². The van der Waals surface area contributed by atoms with E-state index in [4.69, 9.17) is 0 Å². The highest BCUT2D eigenvalue weighted by Crippen LogP contribution is 2.22. The molecule has 0 aromatic carbocycles. The third-order valence-corrected chi connectivity index (χ3v) is 2.29. The molecule has 0 bridgehead atoms. The van der Waals surface area contributed by atoms with Crippen LogP contribution in [-0.2, 0) is 0 Å². The molecule has 1 aliphatic rings. The van der Waals surface area contributed by atoms with Gasteiger partial charge in [-0.1, -0.05) is 50.8 Å². The lowest BCUT2D eigenvalue weighted by atomic mass is 9.94. The molecule has 13 heavy (non-hydrogen) atoms. The fourth-order valence-electron chi connectivity index (χ4n) is 1.48. The smallest absolute Gasteiger partial charge is 0.0224 e. The summed E-state index contributed by atoms with van der Waals surface area (Å²) in [7, 11) is 0. The highest BCUT2D eigenvalue weighted by atomic mass is 14.1. The molecule has 1 rings (SSSR count). The van der Waals surface area contributed by atoms with Crippen molar-refractivity contribution in [2.75, 3.05) is 0 Å². The van der Waals surface area contributed by atoms with Gasteiger partial charge < -0.3 is 0 Å². The second-order valence-electron chi connectivity index (χ2n) is 3.50. The molecule has 0 aliphatic heterocycles. The van der Waals surface area contributed by atoms with Crippen molar-refractivity contribution in [1.29, 1.82) is 0 Å².